The van der Waals surface area contributed by atoms with E-state index in [-0.39, 0.29) is 0 Å². The minimum absolute atomic E-state index is 1.04. The summed E-state index contributed by atoms with van der Waals surface area (Å²) < 4.78 is 0. The monoisotopic (exact) mass is 168 g/mol. The average Bonchev–Trinajstić information content (AvgIpc) is 2.57. The van der Waals surface area contributed by atoms with E-state index in [1.807, 2.05) is 0 Å². The Balaban J connectivity index is 1.81. The molecule has 1 nitrogen and oxygen atoms in total. The summed E-state index contributed by atoms with van der Waals surface area (Å²) in [6.45, 7) is 6.21. The van der Waals surface area contributed by atoms with Crippen LogP contribution in [0.3, 0.4) is 0 Å². The largest absolute Gasteiger partial charge is 0.317 e. The Kier molecular flexibility index (Phi) is 5.42. The number of hydrogen-bond donors (Lipinski definition) is 1. The van der Waals surface area contributed by atoms with Crippen LogP contribution in [0.4, 0.5) is 0 Å². The summed E-state index contributed by atoms with van der Waals surface area (Å²) >= 11 is 0. The molecule has 1 N–H and O–H groups in total. The summed E-state index contributed by atoms with van der Waals surface area (Å²) in [6.07, 6.45) is 9.61. The van der Waals surface area contributed by atoms with Crippen LogP contribution in [0.1, 0.15) is 44.9 Å². The van der Waals surface area contributed by atoms with E-state index in [0.29, 0.717) is 0 Å². The maximum Gasteiger partial charge on any atom is -0.00463 e. The number of hydrogen-bond acceptors (Lipinski definition) is 1. The highest BCUT2D eigenvalue weighted by Crippen LogP contribution is 2.26. The highest BCUT2D eigenvalue weighted by Gasteiger charge is 2.13. The lowest BCUT2D eigenvalue weighted by Crippen LogP contribution is -2.18. The van der Waals surface area contributed by atoms with Gasteiger partial charge in [-0.3, -0.25) is 0 Å². The van der Waals surface area contributed by atoms with Crippen LogP contribution in [0, 0.1) is 12.8 Å². The maximum absolute atomic E-state index is 3.82. The predicted molar refractivity (Wildman–Crippen MR) is 54.0 cm³/mol. The minimum Gasteiger partial charge on any atom is -0.317 e. The predicted octanol–water partition coefficient (Wildman–Crippen LogP) is 2.77. The first kappa shape index (κ1) is 10.0. The van der Waals surface area contributed by atoms with E-state index in [1.54, 1.807) is 0 Å². The molecule has 0 heterocycles. The SMILES string of the molecule is [CH2]CCCNCCC1CCCC1. The third-order valence-electron chi connectivity index (χ3n) is 2.81. The fourth-order valence-electron chi connectivity index (χ4n) is 1.98. The molecule has 0 spiro atoms. The van der Waals surface area contributed by atoms with Crippen molar-refractivity contribution in [2.24, 2.45) is 5.92 Å². The first-order chi connectivity index (χ1) is 5.93. The molecular formula is C11H22N. The third kappa shape index (κ3) is 4.10. The molecule has 0 aromatic heterocycles. The topological polar surface area (TPSA) is 12.0 Å². The van der Waals surface area contributed by atoms with Gasteiger partial charge in [-0.1, -0.05) is 39.0 Å². The number of unbranched alkanes of at least 4 members (excludes halogenated alkanes) is 1. The molecule has 1 fully saturated rings. The lowest BCUT2D eigenvalue weighted by Gasteiger charge is -2.08. The van der Waals surface area contributed by atoms with Crippen molar-refractivity contribution in [2.75, 3.05) is 13.1 Å². The molecule has 0 amide bonds. The highest BCUT2D eigenvalue weighted by atomic mass is 14.8. The van der Waals surface area contributed by atoms with Gasteiger partial charge in [0.05, 0.1) is 0 Å². The van der Waals surface area contributed by atoms with Gasteiger partial charge in [0.15, 0.2) is 0 Å². The Morgan fingerprint density at radius 3 is 2.58 bits per heavy atom. The van der Waals surface area contributed by atoms with E-state index in [9.17, 15) is 0 Å². The molecule has 0 aliphatic heterocycles. The number of rotatable bonds is 6. The molecule has 0 saturated heterocycles. The molecule has 1 rings (SSSR count). The smallest absolute Gasteiger partial charge is 0.00463 e. The van der Waals surface area contributed by atoms with Gasteiger partial charge in [0, 0.05) is 0 Å². The lowest BCUT2D eigenvalue weighted by atomic mass is 10.0. The summed E-state index contributed by atoms with van der Waals surface area (Å²) in [4.78, 5) is 0. The quantitative estimate of drug-likeness (QED) is 0.601. The molecule has 0 aromatic carbocycles. The molecule has 1 heteroatoms. The van der Waals surface area contributed by atoms with E-state index in [4.69, 9.17) is 0 Å². The third-order valence-corrected chi connectivity index (χ3v) is 2.81. The van der Waals surface area contributed by atoms with Gasteiger partial charge in [-0.15, -0.1) is 0 Å². The Morgan fingerprint density at radius 1 is 1.17 bits per heavy atom. The second-order valence-corrected chi connectivity index (χ2v) is 3.90. The van der Waals surface area contributed by atoms with Gasteiger partial charge < -0.3 is 5.32 Å². The van der Waals surface area contributed by atoms with Crippen molar-refractivity contribution >= 4 is 0 Å². The molecule has 0 atom stereocenters. The average molecular weight is 168 g/mol. The molecule has 1 saturated carbocycles. The molecule has 1 radical (unpaired) electrons. The Bertz CT molecular complexity index is 95.2. The van der Waals surface area contributed by atoms with Gasteiger partial charge in [0.25, 0.3) is 0 Å². The van der Waals surface area contributed by atoms with E-state index in [1.165, 1.54) is 45.1 Å². The Morgan fingerprint density at radius 2 is 1.92 bits per heavy atom. The van der Waals surface area contributed by atoms with E-state index in [0.717, 1.165) is 18.9 Å². The summed E-state index contributed by atoms with van der Waals surface area (Å²) in [5.74, 6) is 1.04. The van der Waals surface area contributed by atoms with Crippen LogP contribution < -0.4 is 5.32 Å². The van der Waals surface area contributed by atoms with Crippen LogP contribution in [0.5, 0.6) is 0 Å². The number of nitrogens with one attached hydrogen (secondary N) is 1. The van der Waals surface area contributed by atoms with Crippen LogP contribution >= 0.6 is 0 Å². The van der Waals surface area contributed by atoms with Crippen molar-refractivity contribution in [1.82, 2.24) is 5.32 Å². The van der Waals surface area contributed by atoms with Crippen LogP contribution in [0.2, 0.25) is 0 Å². The van der Waals surface area contributed by atoms with Crippen LogP contribution in [-0.2, 0) is 0 Å². The van der Waals surface area contributed by atoms with Crippen molar-refractivity contribution in [3.63, 3.8) is 0 Å². The van der Waals surface area contributed by atoms with E-state index in [2.05, 4.69) is 12.2 Å². The van der Waals surface area contributed by atoms with Gasteiger partial charge in [-0.05, 0) is 31.8 Å². The van der Waals surface area contributed by atoms with E-state index < -0.39 is 0 Å². The zero-order valence-electron chi connectivity index (χ0n) is 8.15. The van der Waals surface area contributed by atoms with Gasteiger partial charge in [-0.2, -0.15) is 0 Å². The molecule has 71 valence electrons. The second-order valence-electron chi connectivity index (χ2n) is 3.90. The standard InChI is InChI=1S/C11H22N/c1-2-3-9-12-10-8-11-6-4-5-7-11/h11-12H,1-10H2. The Labute approximate surface area is 76.9 Å². The minimum atomic E-state index is 1.04. The molecule has 1 aliphatic rings. The first-order valence-electron chi connectivity index (χ1n) is 5.43. The lowest BCUT2D eigenvalue weighted by molar-refractivity contribution is 0.476. The zero-order chi connectivity index (χ0) is 8.65. The molecule has 0 bridgehead atoms. The fourth-order valence-corrected chi connectivity index (χ4v) is 1.98. The summed E-state index contributed by atoms with van der Waals surface area (Å²) in [5, 5.41) is 3.47. The highest BCUT2D eigenvalue weighted by molar-refractivity contribution is 4.68. The summed E-state index contributed by atoms with van der Waals surface area (Å²) in [7, 11) is 0. The second kappa shape index (κ2) is 6.47. The van der Waals surface area contributed by atoms with Gasteiger partial charge in [0.1, 0.15) is 0 Å². The Hall–Kier alpha value is -0.0400. The first-order valence-corrected chi connectivity index (χ1v) is 5.43. The van der Waals surface area contributed by atoms with Gasteiger partial charge in [0.2, 0.25) is 0 Å². The van der Waals surface area contributed by atoms with Gasteiger partial charge >= 0.3 is 0 Å². The van der Waals surface area contributed by atoms with E-state index >= 15 is 0 Å². The van der Waals surface area contributed by atoms with Crippen molar-refractivity contribution < 1.29 is 0 Å². The maximum atomic E-state index is 3.82. The van der Waals surface area contributed by atoms with Crippen LogP contribution in [0.25, 0.3) is 0 Å². The normalized spacial score (nSPS) is 18.8. The summed E-state index contributed by atoms with van der Waals surface area (Å²) in [6, 6.07) is 0. The molecule has 12 heavy (non-hydrogen) atoms. The van der Waals surface area contributed by atoms with Crippen molar-refractivity contribution in [3.05, 3.63) is 6.92 Å². The van der Waals surface area contributed by atoms with Gasteiger partial charge in [-0.25, -0.2) is 0 Å². The van der Waals surface area contributed by atoms with Crippen molar-refractivity contribution in [3.8, 4) is 0 Å². The summed E-state index contributed by atoms with van der Waals surface area (Å²) in [5.41, 5.74) is 0. The fraction of sp³-hybridized carbons (Fsp3) is 0.909. The molecule has 1 aliphatic carbocycles. The molecule has 0 unspecified atom stereocenters. The van der Waals surface area contributed by atoms with Crippen molar-refractivity contribution in [1.29, 1.82) is 0 Å². The zero-order valence-corrected chi connectivity index (χ0v) is 8.15. The van der Waals surface area contributed by atoms with Crippen molar-refractivity contribution in [2.45, 2.75) is 44.9 Å². The molecule has 0 aromatic rings. The van der Waals surface area contributed by atoms with Crippen LogP contribution in [0.15, 0.2) is 0 Å². The van der Waals surface area contributed by atoms with Crippen LogP contribution in [-0.4, -0.2) is 13.1 Å². The molecular weight excluding hydrogens is 146 g/mol.